The van der Waals surface area contributed by atoms with Gasteiger partial charge < -0.3 is 10.4 Å². The van der Waals surface area contributed by atoms with Crippen LogP contribution >= 0.6 is 0 Å². The number of hydrogen-bond acceptors (Lipinski definition) is 2. The first-order chi connectivity index (χ1) is 13.4. The fourth-order valence-electron chi connectivity index (χ4n) is 2.54. The second kappa shape index (κ2) is 8.26. The lowest BCUT2D eigenvalue weighted by atomic mass is 10.1. The largest absolute Gasteiger partial charge is 0.478 e. The summed E-state index contributed by atoms with van der Waals surface area (Å²) in [6, 6.07) is 16.7. The predicted octanol–water partition coefficient (Wildman–Crippen LogP) is 5.09. The van der Waals surface area contributed by atoms with Crippen molar-refractivity contribution < 1.29 is 23.5 Å². The van der Waals surface area contributed by atoms with Crippen molar-refractivity contribution in [3.63, 3.8) is 0 Å². The Morgan fingerprint density at radius 1 is 0.821 bits per heavy atom. The molecule has 0 spiro atoms. The van der Waals surface area contributed by atoms with Gasteiger partial charge >= 0.3 is 5.97 Å². The fourth-order valence-corrected chi connectivity index (χ4v) is 2.54. The number of hydrogen-bond donors (Lipinski definition) is 2. The number of halogens is 2. The fraction of sp³-hybridized carbons (Fsp3) is 0. The molecule has 3 aromatic carbocycles. The smallest absolute Gasteiger partial charge is 0.337 e. The molecule has 0 atom stereocenters. The molecular weight excluding hydrogens is 364 g/mol. The number of carboxylic acid groups (broad SMARTS) is 1. The van der Waals surface area contributed by atoms with Gasteiger partial charge in [-0.15, -0.1) is 0 Å². The Morgan fingerprint density at radius 3 is 2.21 bits per heavy atom. The Bertz CT molecular complexity index is 1060. The summed E-state index contributed by atoms with van der Waals surface area (Å²) in [7, 11) is 0. The van der Waals surface area contributed by atoms with Crippen LogP contribution in [0, 0.1) is 11.6 Å². The molecule has 0 aromatic heterocycles. The van der Waals surface area contributed by atoms with E-state index in [1.165, 1.54) is 12.1 Å². The van der Waals surface area contributed by atoms with Crippen molar-refractivity contribution in [1.29, 1.82) is 0 Å². The Balaban J connectivity index is 1.89. The molecule has 0 unspecified atom stereocenters. The third-order valence-electron chi connectivity index (χ3n) is 3.97. The van der Waals surface area contributed by atoms with Crippen molar-refractivity contribution in [3.8, 4) is 0 Å². The third-order valence-corrected chi connectivity index (χ3v) is 3.97. The van der Waals surface area contributed by atoms with Gasteiger partial charge in [0, 0.05) is 5.56 Å². The lowest BCUT2D eigenvalue weighted by molar-refractivity contribution is 0.0698. The van der Waals surface area contributed by atoms with Crippen molar-refractivity contribution in [2.75, 3.05) is 5.32 Å². The van der Waals surface area contributed by atoms with Gasteiger partial charge in [-0.05, 0) is 41.5 Å². The van der Waals surface area contributed by atoms with E-state index in [2.05, 4.69) is 5.32 Å². The molecule has 0 saturated heterocycles. The molecule has 2 N–H and O–H groups in total. The van der Waals surface area contributed by atoms with Gasteiger partial charge in [-0.25, -0.2) is 13.6 Å². The van der Waals surface area contributed by atoms with E-state index in [4.69, 9.17) is 0 Å². The van der Waals surface area contributed by atoms with Gasteiger partial charge in [0.25, 0.3) is 5.91 Å². The summed E-state index contributed by atoms with van der Waals surface area (Å²) < 4.78 is 26.4. The number of rotatable bonds is 5. The van der Waals surface area contributed by atoms with Crippen LogP contribution in [-0.2, 0) is 0 Å². The van der Waals surface area contributed by atoms with Crippen molar-refractivity contribution in [3.05, 3.63) is 101 Å². The van der Waals surface area contributed by atoms with Gasteiger partial charge in [0.05, 0.1) is 11.3 Å². The second-order valence-electron chi connectivity index (χ2n) is 5.94. The lowest BCUT2D eigenvalue weighted by Gasteiger charge is -2.10. The van der Waals surface area contributed by atoms with Crippen LogP contribution in [0.1, 0.15) is 31.8 Å². The summed E-state index contributed by atoms with van der Waals surface area (Å²) in [4.78, 5) is 23.8. The maximum absolute atomic E-state index is 13.4. The topological polar surface area (TPSA) is 66.4 Å². The number of anilines is 1. The Labute approximate surface area is 159 Å². The molecule has 3 aromatic rings. The van der Waals surface area contributed by atoms with Crippen LogP contribution in [0.15, 0.2) is 66.7 Å². The molecule has 140 valence electrons. The van der Waals surface area contributed by atoms with Gasteiger partial charge in [-0.3, -0.25) is 4.79 Å². The number of benzene rings is 3. The van der Waals surface area contributed by atoms with E-state index in [0.29, 0.717) is 5.56 Å². The quantitative estimate of drug-likeness (QED) is 0.607. The summed E-state index contributed by atoms with van der Waals surface area (Å²) >= 11 is 0. The maximum Gasteiger partial charge on any atom is 0.337 e. The van der Waals surface area contributed by atoms with E-state index < -0.39 is 23.5 Å². The molecule has 0 saturated carbocycles. The van der Waals surface area contributed by atoms with Crippen LogP contribution in [0.5, 0.6) is 0 Å². The van der Waals surface area contributed by atoms with E-state index in [9.17, 15) is 23.5 Å². The molecule has 6 heteroatoms. The Kier molecular flexibility index (Phi) is 5.60. The summed E-state index contributed by atoms with van der Waals surface area (Å²) in [6.07, 6.45) is 3.62. The molecule has 0 heterocycles. The number of amides is 1. The average Bonchev–Trinajstić information content (AvgIpc) is 2.69. The predicted molar refractivity (Wildman–Crippen MR) is 103 cm³/mol. The normalized spacial score (nSPS) is 10.8. The first-order valence-electron chi connectivity index (χ1n) is 8.31. The highest BCUT2D eigenvalue weighted by Crippen LogP contribution is 2.21. The third kappa shape index (κ3) is 4.48. The lowest BCUT2D eigenvalue weighted by Crippen LogP contribution is -2.15. The molecule has 3 rings (SSSR count). The molecule has 4 nitrogen and oxygen atoms in total. The number of carboxylic acids is 1. The van der Waals surface area contributed by atoms with E-state index >= 15 is 0 Å². The minimum Gasteiger partial charge on any atom is -0.478 e. The number of carbonyl (C=O) groups excluding carboxylic acids is 1. The van der Waals surface area contributed by atoms with Gasteiger partial charge in [0.2, 0.25) is 0 Å². The molecule has 0 bridgehead atoms. The van der Waals surface area contributed by atoms with Gasteiger partial charge in [-0.2, -0.15) is 0 Å². The molecule has 0 aliphatic heterocycles. The highest BCUT2D eigenvalue weighted by molar-refractivity contribution is 6.08. The molecule has 0 aliphatic rings. The molecular formula is C22H15F2NO3. The SMILES string of the molecule is O=C(Nc1cc(C=Cc2ccccc2)ccc1C(=O)O)c1ccc(F)c(F)c1. The summed E-state index contributed by atoms with van der Waals surface area (Å²) in [5.41, 5.74) is 1.43. The van der Waals surface area contributed by atoms with Crippen molar-refractivity contribution in [1.82, 2.24) is 0 Å². The molecule has 0 fully saturated rings. The second-order valence-corrected chi connectivity index (χ2v) is 5.94. The molecule has 0 aliphatic carbocycles. The molecule has 1 amide bonds. The minimum absolute atomic E-state index is 0.0532. The zero-order chi connectivity index (χ0) is 20.1. The van der Waals surface area contributed by atoms with Crippen LogP contribution in [0.25, 0.3) is 12.2 Å². The van der Waals surface area contributed by atoms with Gasteiger partial charge in [-0.1, -0.05) is 48.6 Å². The number of nitrogens with one attached hydrogen (secondary N) is 1. The van der Waals surface area contributed by atoms with E-state index in [-0.39, 0.29) is 16.8 Å². The van der Waals surface area contributed by atoms with Crippen LogP contribution in [0.3, 0.4) is 0 Å². The average molecular weight is 379 g/mol. The van der Waals surface area contributed by atoms with Crippen LogP contribution in [-0.4, -0.2) is 17.0 Å². The Hall–Kier alpha value is -3.80. The highest BCUT2D eigenvalue weighted by atomic mass is 19.2. The van der Waals surface area contributed by atoms with Crippen LogP contribution < -0.4 is 5.32 Å². The monoisotopic (exact) mass is 379 g/mol. The van der Waals surface area contributed by atoms with Crippen molar-refractivity contribution in [2.45, 2.75) is 0 Å². The summed E-state index contributed by atoms with van der Waals surface area (Å²) in [6.45, 7) is 0. The standard InChI is InChI=1S/C22H15F2NO3/c23-18-11-9-16(13-19(18)24)21(26)25-20-12-15(8-10-17(20)22(27)28)7-6-14-4-2-1-3-5-14/h1-13H,(H,25,26)(H,27,28). The number of carbonyl (C=O) groups is 2. The van der Waals surface area contributed by atoms with Gasteiger partial charge in [0.15, 0.2) is 11.6 Å². The van der Waals surface area contributed by atoms with Crippen LogP contribution in [0.2, 0.25) is 0 Å². The highest BCUT2D eigenvalue weighted by Gasteiger charge is 2.15. The van der Waals surface area contributed by atoms with Crippen molar-refractivity contribution >= 4 is 29.7 Å². The maximum atomic E-state index is 13.4. The zero-order valence-electron chi connectivity index (χ0n) is 14.5. The van der Waals surface area contributed by atoms with Gasteiger partial charge in [0.1, 0.15) is 0 Å². The molecule has 28 heavy (non-hydrogen) atoms. The first-order valence-corrected chi connectivity index (χ1v) is 8.31. The summed E-state index contributed by atoms with van der Waals surface area (Å²) in [5.74, 6) is -4.20. The number of aromatic carboxylic acids is 1. The van der Waals surface area contributed by atoms with E-state index in [0.717, 1.165) is 23.8 Å². The molecule has 0 radical (unpaired) electrons. The minimum atomic E-state index is -1.22. The zero-order valence-corrected chi connectivity index (χ0v) is 14.5. The van der Waals surface area contributed by atoms with Crippen molar-refractivity contribution in [2.24, 2.45) is 0 Å². The first kappa shape index (κ1) is 19.0. The summed E-state index contributed by atoms with van der Waals surface area (Å²) in [5, 5.41) is 11.8. The van der Waals surface area contributed by atoms with Crippen LogP contribution in [0.4, 0.5) is 14.5 Å². The van der Waals surface area contributed by atoms with E-state index in [1.807, 2.05) is 36.4 Å². The van der Waals surface area contributed by atoms with E-state index in [1.54, 1.807) is 12.1 Å². The Morgan fingerprint density at radius 2 is 1.54 bits per heavy atom.